The molecule has 0 atom stereocenters. The van der Waals surface area contributed by atoms with Gasteiger partial charge in [-0.15, -0.1) is 11.3 Å². The zero-order valence-electron chi connectivity index (χ0n) is 12.4. The van der Waals surface area contributed by atoms with Gasteiger partial charge < -0.3 is 0 Å². The Morgan fingerprint density at radius 1 is 0.696 bits per heavy atom. The van der Waals surface area contributed by atoms with Crippen molar-refractivity contribution in [2.24, 2.45) is 0 Å². The summed E-state index contributed by atoms with van der Waals surface area (Å²) >= 11 is 1.84. The van der Waals surface area contributed by atoms with Crippen molar-refractivity contribution in [2.45, 2.75) is 0 Å². The van der Waals surface area contributed by atoms with Crippen molar-refractivity contribution in [3.05, 3.63) is 79.0 Å². The van der Waals surface area contributed by atoms with Crippen LogP contribution in [-0.4, -0.2) is 4.98 Å². The molecule has 0 spiro atoms. The molecule has 23 heavy (non-hydrogen) atoms. The Kier molecular flexibility index (Phi) is 2.73. The second-order valence-electron chi connectivity index (χ2n) is 5.70. The van der Waals surface area contributed by atoms with E-state index in [0.717, 1.165) is 5.69 Å². The molecule has 0 fully saturated rings. The summed E-state index contributed by atoms with van der Waals surface area (Å²) in [7, 11) is 0. The Morgan fingerprint density at radius 3 is 2.26 bits per heavy atom. The lowest BCUT2D eigenvalue weighted by Crippen LogP contribution is -1.82. The summed E-state index contributed by atoms with van der Waals surface area (Å²) in [4.78, 5) is 4.65. The van der Waals surface area contributed by atoms with Crippen molar-refractivity contribution in [3.8, 4) is 11.3 Å². The van der Waals surface area contributed by atoms with Crippen molar-refractivity contribution in [1.82, 2.24) is 4.98 Å². The molecule has 3 aromatic carbocycles. The number of pyridine rings is 1. The second-order valence-corrected chi connectivity index (χ2v) is 6.75. The summed E-state index contributed by atoms with van der Waals surface area (Å²) in [5, 5.41) is 5.20. The van der Waals surface area contributed by atoms with E-state index < -0.39 is 0 Å². The molecule has 2 heteroatoms. The number of nitrogens with zero attached hydrogens (tertiary/aromatic N) is 1. The zero-order valence-corrected chi connectivity index (χ0v) is 13.2. The molecule has 0 aliphatic rings. The highest BCUT2D eigenvalue weighted by molar-refractivity contribution is 7.26. The van der Waals surface area contributed by atoms with Gasteiger partial charge in [0.15, 0.2) is 0 Å². The first-order valence-electron chi connectivity index (χ1n) is 7.65. The highest BCUT2D eigenvalue weighted by Crippen LogP contribution is 2.40. The number of hydrogen-bond acceptors (Lipinski definition) is 2. The Balaban J connectivity index is 1.91. The van der Waals surface area contributed by atoms with E-state index in [0.29, 0.717) is 0 Å². The van der Waals surface area contributed by atoms with Crippen LogP contribution in [0.25, 0.3) is 42.2 Å². The first-order chi connectivity index (χ1) is 11.4. The number of rotatable bonds is 1. The molecule has 0 radical (unpaired) electrons. The van der Waals surface area contributed by atoms with Gasteiger partial charge in [0.2, 0.25) is 0 Å². The quantitative estimate of drug-likeness (QED) is 0.355. The molecule has 0 N–H and O–H groups in total. The van der Waals surface area contributed by atoms with E-state index in [1.165, 1.54) is 36.5 Å². The molecular formula is C21H13NS. The van der Waals surface area contributed by atoms with Gasteiger partial charge in [0.05, 0.1) is 10.4 Å². The van der Waals surface area contributed by atoms with Gasteiger partial charge in [-0.1, -0.05) is 54.6 Å². The lowest BCUT2D eigenvalue weighted by atomic mass is 10.1. The summed E-state index contributed by atoms with van der Waals surface area (Å²) in [5.74, 6) is 0. The zero-order chi connectivity index (χ0) is 15.2. The molecule has 5 aromatic rings. The average Bonchev–Trinajstić information content (AvgIpc) is 2.98. The third-order valence-electron chi connectivity index (χ3n) is 4.30. The maximum Gasteiger partial charge on any atom is 0.0880 e. The van der Waals surface area contributed by atoms with Crippen molar-refractivity contribution >= 4 is 42.3 Å². The molecule has 0 saturated heterocycles. The van der Waals surface area contributed by atoms with Gasteiger partial charge in [0.1, 0.15) is 0 Å². The van der Waals surface area contributed by atoms with Gasteiger partial charge in [0.25, 0.3) is 0 Å². The molecule has 0 aliphatic heterocycles. The minimum atomic E-state index is 1.08. The predicted octanol–water partition coefficient (Wildman–Crippen LogP) is 6.27. The summed E-state index contributed by atoms with van der Waals surface area (Å²) in [6.07, 6.45) is 1.92. The number of benzene rings is 3. The lowest BCUT2D eigenvalue weighted by Gasteiger charge is -2.01. The van der Waals surface area contributed by atoms with E-state index >= 15 is 0 Å². The van der Waals surface area contributed by atoms with E-state index in [4.69, 9.17) is 0 Å². The van der Waals surface area contributed by atoms with Crippen LogP contribution >= 0.6 is 11.3 Å². The molecule has 5 rings (SSSR count). The van der Waals surface area contributed by atoms with Crippen molar-refractivity contribution in [2.75, 3.05) is 0 Å². The molecule has 108 valence electrons. The van der Waals surface area contributed by atoms with E-state index in [9.17, 15) is 0 Å². The number of fused-ring (bicyclic) bond motifs is 4. The molecule has 0 unspecified atom stereocenters. The van der Waals surface area contributed by atoms with Crippen LogP contribution in [0, 0.1) is 0 Å². The first-order valence-corrected chi connectivity index (χ1v) is 8.47. The monoisotopic (exact) mass is 311 g/mol. The number of aromatic nitrogens is 1. The molecule has 0 saturated carbocycles. The standard InChI is InChI=1S/C21H13NS/c1-2-6-14(7-3-1)20-21-17(10-11-22-20)18-12-15-8-4-5-9-16(15)13-19(18)23-21/h1-13H. The van der Waals surface area contributed by atoms with Crippen molar-refractivity contribution in [1.29, 1.82) is 0 Å². The van der Waals surface area contributed by atoms with Crippen LogP contribution in [0.4, 0.5) is 0 Å². The van der Waals surface area contributed by atoms with Gasteiger partial charge in [-0.3, -0.25) is 4.98 Å². The molecular weight excluding hydrogens is 298 g/mol. The Labute approximate surface area is 137 Å². The predicted molar refractivity (Wildman–Crippen MR) is 100 cm³/mol. The largest absolute Gasteiger partial charge is 0.255 e. The summed E-state index contributed by atoms with van der Waals surface area (Å²) in [5.41, 5.74) is 2.25. The van der Waals surface area contributed by atoms with E-state index in [1.807, 2.05) is 23.6 Å². The minimum Gasteiger partial charge on any atom is -0.255 e. The molecule has 2 heterocycles. The topological polar surface area (TPSA) is 12.9 Å². The average molecular weight is 311 g/mol. The summed E-state index contributed by atoms with van der Waals surface area (Å²) in [6, 6.07) is 25.7. The number of hydrogen-bond donors (Lipinski definition) is 0. The van der Waals surface area contributed by atoms with Crippen LogP contribution in [0.15, 0.2) is 79.0 Å². The fourth-order valence-corrected chi connectivity index (χ4v) is 4.43. The van der Waals surface area contributed by atoms with Crippen LogP contribution in [0.3, 0.4) is 0 Å². The Morgan fingerprint density at radius 2 is 1.43 bits per heavy atom. The Hall–Kier alpha value is -2.71. The SMILES string of the molecule is c1ccc(-c2nccc3c2sc2cc4ccccc4cc23)cc1. The number of thiophene rings is 1. The molecule has 0 amide bonds. The molecule has 0 bridgehead atoms. The maximum atomic E-state index is 4.65. The van der Waals surface area contributed by atoms with Gasteiger partial charge in [-0.25, -0.2) is 0 Å². The van der Waals surface area contributed by atoms with E-state index in [1.54, 1.807) is 0 Å². The fourth-order valence-electron chi connectivity index (χ4n) is 3.19. The third kappa shape index (κ3) is 1.96. The lowest BCUT2D eigenvalue weighted by molar-refractivity contribution is 1.37. The first kappa shape index (κ1) is 12.8. The fraction of sp³-hybridized carbons (Fsp3) is 0. The highest BCUT2D eigenvalue weighted by Gasteiger charge is 2.11. The van der Waals surface area contributed by atoms with Crippen LogP contribution in [-0.2, 0) is 0 Å². The van der Waals surface area contributed by atoms with Crippen LogP contribution in [0.5, 0.6) is 0 Å². The van der Waals surface area contributed by atoms with Crippen molar-refractivity contribution in [3.63, 3.8) is 0 Å². The van der Waals surface area contributed by atoms with Gasteiger partial charge in [-0.05, 0) is 29.0 Å². The molecule has 2 aromatic heterocycles. The van der Waals surface area contributed by atoms with E-state index in [2.05, 4.69) is 71.7 Å². The van der Waals surface area contributed by atoms with Crippen LogP contribution < -0.4 is 0 Å². The molecule has 1 nitrogen and oxygen atoms in total. The van der Waals surface area contributed by atoms with E-state index in [-0.39, 0.29) is 0 Å². The minimum absolute atomic E-state index is 1.08. The second kappa shape index (κ2) is 4.90. The summed E-state index contributed by atoms with van der Waals surface area (Å²) in [6.45, 7) is 0. The van der Waals surface area contributed by atoms with Gasteiger partial charge in [-0.2, -0.15) is 0 Å². The highest BCUT2D eigenvalue weighted by atomic mass is 32.1. The van der Waals surface area contributed by atoms with Crippen LogP contribution in [0.1, 0.15) is 0 Å². The molecule has 0 aliphatic carbocycles. The van der Waals surface area contributed by atoms with Crippen molar-refractivity contribution < 1.29 is 0 Å². The van der Waals surface area contributed by atoms with Gasteiger partial charge in [0, 0.05) is 27.2 Å². The normalized spacial score (nSPS) is 11.5. The third-order valence-corrected chi connectivity index (χ3v) is 5.48. The smallest absolute Gasteiger partial charge is 0.0880 e. The van der Waals surface area contributed by atoms with Gasteiger partial charge >= 0.3 is 0 Å². The summed E-state index contributed by atoms with van der Waals surface area (Å²) < 4.78 is 2.59. The Bertz CT molecular complexity index is 1160. The van der Waals surface area contributed by atoms with Crippen LogP contribution in [0.2, 0.25) is 0 Å². The maximum absolute atomic E-state index is 4.65.